The van der Waals surface area contributed by atoms with Crippen LogP contribution in [0.5, 0.6) is 5.88 Å². The second kappa shape index (κ2) is 3.85. The fourth-order valence-electron chi connectivity index (χ4n) is 1.52. The molecule has 1 aliphatic heterocycles. The van der Waals surface area contributed by atoms with E-state index in [-0.39, 0.29) is 5.88 Å². The van der Waals surface area contributed by atoms with E-state index < -0.39 is 11.9 Å². The molecule has 0 atom stereocenters. The third-order valence-electron chi connectivity index (χ3n) is 2.30. The van der Waals surface area contributed by atoms with E-state index in [9.17, 15) is 9.59 Å². The molecule has 0 N–H and O–H groups in total. The molecule has 1 aromatic heterocycles. The number of ether oxygens (including phenoxy) is 1. The van der Waals surface area contributed by atoms with Gasteiger partial charge in [-0.1, -0.05) is 11.6 Å². The lowest BCUT2D eigenvalue weighted by Crippen LogP contribution is -2.30. The molecule has 18 heavy (non-hydrogen) atoms. The largest absolute Gasteiger partial charge is 0.442 e. The summed E-state index contributed by atoms with van der Waals surface area (Å²) >= 11 is 5.78. The van der Waals surface area contributed by atoms with Gasteiger partial charge in [-0.15, -0.1) is 0 Å². The van der Waals surface area contributed by atoms with Crippen LogP contribution in [0.2, 0.25) is 5.02 Å². The van der Waals surface area contributed by atoms with Gasteiger partial charge < -0.3 is 9.57 Å². The Morgan fingerprint density at radius 3 is 2.56 bits per heavy atom. The summed E-state index contributed by atoms with van der Waals surface area (Å²) in [6.07, 6.45) is 1.31. The van der Waals surface area contributed by atoms with Crippen molar-refractivity contribution in [1.82, 2.24) is 9.71 Å². The van der Waals surface area contributed by atoms with Gasteiger partial charge in [0, 0.05) is 10.6 Å². The van der Waals surface area contributed by atoms with Crippen LogP contribution in [0, 0.1) is 0 Å². The highest BCUT2D eigenvalue weighted by Crippen LogP contribution is 2.24. The van der Waals surface area contributed by atoms with Gasteiger partial charge in [0.1, 0.15) is 6.20 Å². The van der Waals surface area contributed by atoms with Gasteiger partial charge in [-0.25, -0.2) is 9.59 Å². The maximum atomic E-state index is 11.2. The predicted octanol–water partition coefficient (Wildman–Crippen LogP) is 1.08. The molecule has 0 fully saturated rings. The summed E-state index contributed by atoms with van der Waals surface area (Å²) < 4.78 is 5.77. The van der Waals surface area contributed by atoms with Crippen molar-refractivity contribution in [3.63, 3.8) is 0 Å². The van der Waals surface area contributed by atoms with Crippen LogP contribution in [0.15, 0.2) is 30.5 Å². The van der Waals surface area contributed by atoms with E-state index in [4.69, 9.17) is 16.4 Å². The average molecular weight is 265 g/mol. The van der Waals surface area contributed by atoms with Crippen molar-refractivity contribution in [3.05, 3.63) is 35.5 Å². The molecule has 0 saturated heterocycles. The molecule has 2 heterocycles. The Morgan fingerprint density at radius 2 is 1.83 bits per heavy atom. The lowest BCUT2D eigenvalue weighted by atomic mass is 10.2. The number of fused-ring (bicyclic) bond motifs is 2. The molecule has 90 valence electrons. The summed E-state index contributed by atoms with van der Waals surface area (Å²) in [5.74, 6) is -1.83. The monoisotopic (exact) mass is 264 g/mol. The second-order valence-electron chi connectivity index (χ2n) is 3.50. The minimum absolute atomic E-state index is 0.0100. The van der Waals surface area contributed by atoms with Crippen molar-refractivity contribution in [2.24, 2.45) is 0 Å². The van der Waals surface area contributed by atoms with Crippen LogP contribution in [-0.2, 0) is 9.59 Å². The predicted molar refractivity (Wildman–Crippen MR) is 59.9 cm³/mol. The van der Waals surface area contributed by atoms with Crippen LogP contribution >= 0.6 is 11.6 Å². The van der Waals surface area contributed by atoms with Gasteiger partial charge in [0.15, 0.2) is 5.82 Å². The molecule has 1 aliphatic rings. The second-order valence-corrected chi connectivity index (χ2v) is 3.94. The minimum Gasteiger partial charge on any atom is -0.397 e. The number of nitrogens with zero attached hydrogens (tertiary/aromatic N) is 2. The lowest BCUT2D eigenvalue weighted by molar-refractivity contribution is -0.161. The highest BCUT2D eigenvalue weighted by molar-refractivity contribution is 6.31. The number of aromatic nitrogens is 2. The molecule has 6 nitrogen and oxygen atoms in total. The summed E-state index contributed by atoms with van der Waals surface area (Å²) in [6, 6.07) is 6.77. The number of imidazole rings is 1. The van der Waals surface area contributed by atoms with Crippen molar-refractivity contribution >= 4 is 23.5 Å². The number of rotatable bonds is 1. The van der Waals surface area contributed by atoms with E-state index in [1.807, 2.05) is 0 Å². The smallest absolute Gasteiger partial charge is 0.397 e. The van der Waals surface area contributed by atoms with Gasteiger partial charge in [-0.05, 0) is 24.3 Å². The number of benzene rings is 1. The molecule has 3 rings (SSSR count). The fourth-order valence-corrected chi connectivity index (χ4v) is 1.64. The molecular formula is C11H5ClN2O4. The maximum absolute atomic E-state index is 11.2. The first kappa shape index (κ1) is 10.8. The number of esters is 1. The van der Waals surface area contributed by atoms with Crippen molar-refractivity contribution in [3.8, 4) is 17.3 Å². The first-order valence-corrected chi connectivity index (χ1v) is 5.31. The zero-order chi connectivity index (χ0) is 12.7. The number of hydrogen-bond donors (Lipinski definition) is 0. The van der Waals surface area contributed by atoms with E-state index in [1.54, 1.807) is 24.3 Å². The van der Waals surface area contributed by atoms with Gasteiger partial charge >= 0.3 is 11.9 Å². The van der Waals surface area contributed by atoms with E-state index in [1.165, 1.54) is 6.20 Å². The van der Waals surface area contributed by atoms with Gasteiger partial charge in [-0.2, -0.15) is 9.71 Å². The highest BCUT2D eigenvalue weighted by Gasteiger charge is 2.28. The zero-order valence-corrected chi connectivity index (χ0v) is 9.55. The minimum atomic E-state index is -1.09. The van der Waals surface area contributed by atoms with Crippen LogP contribution in [0.4, 0.5) is 0 Å². The van der Waals surface area contributed by atoms with Crippen LogP contribution in [0.1, 0.15) is 0 Å². The fraction of sp³-hybridized carbons (Fsp3) is 0. The Hall–Kier alpha value is -2.34. The van der Waals surface area contributed by atoms with Crippen molar-refractivity contribution in [2.75, 3.05) is 0 Å². The van der Waals surface area contributed by atoms with Gasteiger partial charge in [0.05, 0.1) is 0 Å². The first-order valence-electron chi connectivity index (χ1n) is 4.93. The lowest BCUT2D eigenvalue weighted by Gasteiger charge is -2.06. The molecule has 0 spiro atoms. The molecule has 0 saturated carbocycles. The SMILES string of the molecule is O=C1Oc2cn(c(-c3ccc(Cl)cc3)n2)OC1=O. The summed E-state index contributed by atoms with van der Waals surface area (Å²) in [7, 11) is 0. The number of hydrogen-bond acceptors (Lipinski definition) is 5. The molecule has 0 radical (unpaired) electrons. The number of carbonyl (C=O) groups is 2. The van der Waals surface area contributed by atoms with Crippen LogP contribution in [-0.4, -0.2) is 21.7 Å². The van der Waals surface area contributed by atoms with E-state index >= 15 is 0 Å². The molecule has 2 aromatic rings. The third kappa shape index (κ3) is 1.72. The summed E-state index contributed by atoms with van der Waals surface area (Å²) in [6.45, 7) is 0. The normalized spacial score (nSPS) is 13.8. The Labute approximate surface area is 106 Å². The topological polar surface area (TPSA) is 70.4 Å². The average Bonchev–Trinajstić information content (AvgIpc) is 2.66. The van der Waals surface area contributed by atoms with Gasteiger partial charge in [0.2, 0.25) is 5.88 Å². The van der Waals surface area contributed by atoms with Crippen LogP contribution < -0.4 is 9.57 Å². The van der Waals surface area contributed by atoms with Crippen LogP contribution in [0.25, 0.3) is 11.4 Å². The quantitative estimate of drug-likeness (QED) is 0.569. The summed E-state index contributed by atoms with van der Waals surface area (Å²) in [4.78, 5) is 31.1. The highest BCUT2D eigenvalue weighted by atomic mass is 35.5. The standard InChI is InChI=1S/C11H5ClN2O4/c12-7-3-1-6(2-4-7)9-13-8-5-14(9)18-11(16)10(15)17-8/h1-5H. The molecule has 1 aromatic carbocycles. The van der Waals surface area contributed by atoms with Gasteiger partial charge in [-0.3, -0.25) is 0 Å². The van der Waals surface area contributed by atoms with E-state index in [0.29, 0.717) is 16.4 Å². The van der Waals surface area contributed by atoms with Crippen LogP contribution in [0.3, 0.4) is 0 Å². The molecule has 7 heteroatoms. The Kier molecular flexibility index (Phi) is 2.31. The van der Waals surface area contributed by atoms with E-state index in [0.717, 1.165) is 4.73 Å². The first-order chi connectivity index (χ1) is 8.63. The number of carbonyl (C=O) groups excluding carboxylic acids is 2. The van der Waals surface area contributed by atoms with Crippen molar-refractivity contribution in [1.29, 1.82) is 0 Å². The third-order valence-corrected chi connectivity index (χ3v) is 2.55. The number of halogens is 1. The van der Waals surface area contributed by atoms with Gasteiger partial charge in [0.25, 0.3) is 0 Å². The Balaban J connectivity index is 2.07. The van der Waals surface area contributed by atoms with E-state index in [2.05, 4.69) is 9.72 Å². The molecule has 0 amide bonds. The Morgan fingerprint density at radius 1 is 1.11 bits per heavy atom. The molecule has 2 bridgehead atoms. The Bertz CT molecular complexity index is 648. The molecule has 0 aliphatic carbocycles. The van der Waals surface area contributed by atoms with Crippen molar-refractivity contribution < 1.29 is 19.2 Å². The summed E-state index contributed by atoms with van der Waals surface area (Å²) in [5.41, 5.74) is 0.677. The molecule has 0 unspecified atom stereocenters. The summed E-state index contributed by atoms with van der Waals surface area (Å²) in [5, 5.41) is 0.576. The maximum Gasteiger partial charge on any atom is 0.442 e. The zero-order valence-electron chi connectivity index (χ0n) is 8.79. The molecular weight excluding hydrogens is 260 g/mol. The van der Waals surface area contributed by atoms with Crippen molar-refractivity contribution in [2.45, 2.75) is 0 Å².